The van der Waals surface area contributed by atoms with Gasteiger partial charge in [0.1, 0.15) is 28.3 Å². The van der Waals surface area contributed by atoms with Gasteiger partial charge in [-0.3, -0.25) is 14.6 Å². The molecule has 11 heteroatoms. The van der Waals surface area contributed by atoms with Gasteiger partial charge in [0.25, 0.3) is 5.91 Å². The first-order valence-corrected chi connectivity index (χ1v) is 13.5. The van der Waals surface area contributed by atoms with Crippen molar-refractivity contribution < 1.29 is 18.8 Å². The number of carbonyl (C=O) groups excluding carboxylic acids is 1. The highest BCUT2D eigenvalue weighted by molar-refractivity contribution is 7.23. The van der Waals surface area contributed by atoms with Crippen LogP contribution in [0.1, 0.15) is 22.5 Å². The van der Waals surface area contributed by atoms with E-state index >= 15 is 0 Å². The molecule has 0 saturated carbocycles. The molecule has 0 N–H and O–H groups in total. The van der Waals surface area contributed by atoms with Crippen LogP contribution in [0.25, 0.3) is 21.5 Å². The van der Waals surface area contributed by atoms with Crippen molar-refractivity contribution in [3.05, 3.63) is 57.8 Å². The first-order valence-electron chi connectivity index (χ1n) is 11.9. The average Bonchev–Trinajstić information content (AvgIpc) is 3.52. The first kappa shape index (κ1) is 25.9. The number of morpholine rings is 1. The number of fused-ring (bicyclic) bond motifs is 1. The summed E-state index contributed by atoms with van der Waals surface area (Å²) < 4.78 is 17.2. The van der Waals surface area contributed by atoms with Crippen molar-refractivity contribution in [1.29, 1.82) is 0 Å². The van der Waals surface area contributed by atoms with Crippen LogP contribution in [0.4, 0.5) is 5.13 Å². The van der Waals surface area contributed by atoms with Crippen LogP contribution in [0.15, 0.2) is 40.9 Å². The predicted molar refractivity (Wildman–Crippen MR) is 146 cm³/mol. The summed E-state index contributed by atoms with van der Waals surface area (Å²) in [4.78, 5) is 23.0. The molecule has 2 aromatic carbocycles. The van der Waals surface area contributed by atoms with Crippen molar-refractivity contribution in [3.8, 4) is 17.0 Å². The Bertz CT molecular complexity index is 1420. The number of benzene rings is 2. The van der Waals surface area contributed by atoms with Gasteiger partial charge >= 0.3 is 0 Å². The van der Waals surface area contributed by atoms with Gasteiger partial charge in [-0.2, -0.15) is 0 Å². The van der Waals surface area contributed by atoms with Crippen LogP contribution in [0.3, 0.4) is 0 Å². The van der Waals surface area contributed by atoms with E-state index in [1.54, 1.807) is 37.1 Å². The number of aromatic nitrogens is 2. The molecule has 0 aliphatic carbocycles. The van der Waals surface area contributed by atoms with Crippen LogP contribution in [0, 0.1) is 6.92 Å². The van der Waals surface area contributed by atoms with Gasteiger partial charge in [0.2, 0.25) is 0 Å². The van der Waals surface area contributed by atoms with Gasteiger partial charge in [0.05, 0.1) is 35.1 Å². The molecule has 0 radical (unpaired) electrons. The first-order chi connectivity index (χ1) is 18.0. The minimum Gasteiger partial charge on any atom is -0.494 e. The van der Waals surface area contributed by atoms with Crippen LogP contribution in [-0.4, -0.2) is 67.5 Å². The third-order valence-corrected chi connectivity index (χ3v) is 8.18. The second-order valence-corrected chi connectivity index (χ2v) is 10.4. The number of thiazole rings is 1. The molecule has 1 aliphatic heterocycles. The van der Waals surface area contributed by atoms with Gasteiger partial charge in [0.15, 0.2) is 5.13 Å². The van der Waals surface area contributed by atoms with Crippen molar-refractivity contribution in [2.24, 2.45) is 0 Å². The number of anilines is 1. The molecule has 4 aromatic rings. The number of aryl methyl sites for hydroxylation is 1. The Morgan fingerprint density at radius 1 is 1.16 bits per heavy atom. The Labute approximate surface area is 228 Å². The Kier molecular flexibility index (Phi) is 7.97. The summed E-state index contributed by atoms with van der Waals surface area (Å²) in [6.45, 7) is 6.21. The molecule has 1 saturated heterocycles. The number of carbonyl (C=O) groups is 1. The summed E-state index contributed by atoms with van der Waals surface area (Å²) in [5.41, 5.74) is 2.01. The summed E-state index contributed by atoms with van der Waals surface area (Å²) in [5.74, 6) is 0.750. The fourth-order valence-corrected chi connectivity index (χ4v) is 5.88. The maximum atomic E-state index is 14.2. The number of methoxy groups -OCH3 is 1. The second kappa shape index (κ2) is 11.4. The molecule has 8 nitrogen and oxygen atoms in total. The highest BCUT2D eigenvalue weighted by Crippen LogP contribution is 2.40. The minimum absolute atomic E-state index is 0.259. The van der Waals surface area contributed by atoms with Gasteiger partial charge in [-0.05, 0) is 31.5 Å². The maximum absolute atomic E-state index is 14.2. The summed E-state index contributed by atoms with van der Waals surface area (Å²) in [5, 5.41) is 5.76. The fraction of sp³-hybridized carbons (Fsp3) is 0.346. The lowest BCUT2D eigenvalue weighted by Gasteiger charge is -2.27. The number of rotatable bonds is 8. The Morgan fingerprint density at radius 2 is 1.95 bits per heavy atom. The van der Waals surface area contributed by atoms with Gasteiger partial charge in [0, 0.05) is 31.7 Å². The predicted octanol–water partition coefficient (Wildman–Crippen LogP) is 5.94. The van der Waals surface area contributed by atoms with E-state index in [9.17, 15) is 4.79 Å². The topological polar surface area (TPSA) is 80.9 Å². The van der Waals surface area contributed by atoms with Crippen molar-refractivity contribution in [3.63, 3.8) is 0 Å². The zero-order valence-corrected chi connectivity index (χ0v) is 22.8. The lowest BCUT2D eigenvalue weighted by molar-refractivity contribution is 0.0376. The van der Waals surface area contributed by atoms with E-state index in [0.717, 1.165) is 44.0 Å². The van der Waals surface area contributed by atoms with E-state index in [-0.39, 0.29) is 5.91 Å². The molecule has 1 aliphatic rings. The van der Waals surface area contributed by atoms with E-state index in [1.807, 2.05) is 18.2 Å². The molecule has 1 amide bonds. The lowest BCUT2D eigenvalue weighted by Crippen LogP contribution is -2.39. The van der Waals surface area contributed by atoms with E-state index in [4.69, 9.17) is 42.2 Å². The molecule has 0 unspecified atom stereocenters. The Balaban J connectivity index is 1.53. The molecule has 0 spiro atoms. The smallest absolute Gasteiger partial charge is 0.265 e. The number of halogens is 2. The summed E-state index contributed by atoms with van der Waals surface area (Å²) in [6, 6.07) is 10.8. The van der Waals surface area contributed by atoms with E-state index in [2.05, 4.69) is 10.1 Å². The van der Waals surface area contributed by atoms with Gasteiger partial charge < -0.3 is 14.0 Å². The summed E-state index contributed by atoms with van der Waals surface area (Å²) >= 11 is 14.3. The van der Waals surface area contributed by atoms with Crippen LogP contribution < -0.4 is 9.64 Å². The zero-order chi connectivity index (χ0) is 25.9. The third kappa shape index (κ3) is 5.32. The highest BCUT2D eigenvalue weighted by Gasteiger charge is 2.30. The molecule has 37 heavy (non-hydrogen) atoms. The summed E-state index contributed by atoms with van der Waals surface area (Å²) in [6.07, 6.45) is 0.748. The third-order valence-electron chi connectivity index (χ3n) is 6.31. The van der Waals surface area contributed by atoms with Crippen LogP contribution >= 0.6 is 34.5 Å². The van der Waals surface area contributed by atoms with Crippen molar-refractivity contribution >= 4 is 55.8 Å². The van der Waals surface area contributed by atoms with Gasteiger partial charge in [-0.15, -0.1) is 0 Å². The van der Waals surface area contributed by atoms with E-state index in [1.165, 1.54) is 11.3 Å². The molecule has 0 bridgehead atoms. The number of amides is 1. The molecule has 194 valence electrons. The summed E-state index contributed by atoms with van der Waals surface area (Å²) in [7, 11) is 1.59. The Morgan fingerprint density at radius 3 is 2.70 bits per heavy atom. The largest absolute Gasteiger partial charge is 0.494 e. The van der Waals surface area contributed by atoms with E-state index in [0.29, 0.717) is 55.6 Å². The van der Waals surface area contributed by atoms with Crippen molar-refractivity contribution in [2.75, 3.05) is 51.4 Å². The highest BCUT2D eigenvalue weighted by atomic mass is 35.5. The molecule has 3 heterocycles. The number of nitrogens with zero attached hydrogens (tertiary/aromatic N) is 4. The SMILES string of the molecule is COc1ccc(Cl)c2sc(N(CCCN3CCOCC3)C(=O)c3c(-c4ccccc4Cl)noc3C)nc12. The molecular weight excluding hydrogens is 535 g/mol. The Hall–Kier alpha value is -2.69. The molecule has 5 rings (SSSR count). The molecule has 0 atom stereocenters. The fourth-order valence-electron chi connectivity index (χ4n) is 4.38. The number of ether oxygens (including phenoxy) is 2. The molecular formula is C26H26Cl2N4O4S. The zero-order valence-electron chi connectivity index (χ0n) is 20.5. The van der Waals surface area contributed by atoms with Crippen LogP contribution in [-0.2, 0) is 4.74 Å². The van der Waals surface area contributed by atoms with Gasteiger partial charge in [-0.1, -0.05) is 57.9 Å². The lowest BCUT2D eigenvalue weighted by atomic mass is 10.0. The number of hydrogen-bond donors (Lipinski definition) is 0. The quantitative estimate of drug-likeness (QED) is 0.263. The van der Waals surface area contributed by atoms with E-state index < -0.39 is 0 Å². The molecule has 1 fully saturated rings. The normalized spacial score (nSPS) is 14.3. The van der Waals surface area contributed by atoms with Crippen LogP contribution in [0.5, 0.6) is 5.75 Å². The monoisotopic (exact) mass is 560 g/mol. The average molecular weight is 561 g/mol. The standard InChI is InChI=1S/C26H26Cl2N4O4S/c1-16-21(22(30-36-16)17-6-3-4-7-18(17)27)25(33)32(11-5-10-31-12-14-35-15-13-31)26-29-23-20(34-2)9-8-19(28)24(23)37-26/h3-4,6-9H,5,10-15H2,1-2H3. The van der Waals surface area contributed by atoms with Crippen LogP contribution in [0.2, 0.25) is 10.0 Å². The maximum Gasteiger partial charge on any atom is 0.265 e. The number of hydrogen-bond acceptors (Lipinski definition) is 8. The second-order valence-electron chi connectivity index (χ2n) is 8.63. The minimum atomic E-state index is -0.259. The van der Waals surface area contributed by atoms with Crippen molar-refractivity contribution in [1.82, 2.24) is 15.0 Å². The molecule has 2 aromatic heterocycles. The van der Waals surface area contributed by atoms with Gasteiger partial charge in [-0.25, -0.2) is 4.98 Å². The van der Waals surface area contributed by atoms with Crippen molar-refractivity contribution in [2.45, 2.75) is 13.3 Å².